The second kappa shape index (κ2) is 9.60. The molecule has 0 bridgehead atoms. The second-order valence-corrected chi connectivity index (χ2v) is 6.51. The van der Waals surface area contributed by atoms with Gasteiger partial charge in [0.2, 0.25) is 5.91 Å². The summed E-state index contributed by atoms with van der Waals surface area (Å²) >= 11 is 5.77. The topological polar surface area (TPSA) is 158 Å². The fourth-order valence-electron chi connectivity index (χ4n) is 2.42. The molecule has 0 saturated heterocycles. The molecule has 2 aromatic heterocycles. The van der Waals surface area contributed by atoms with E-state index in [1.54, 1.807) is 6.20 Å². The maximum absolute atomic E-state index is 12.0. The van der Waals surface area contributed by atoms with E-state index in [4.69, 9.17) is 16.1 Å². The summed E-state index contributed by atoms with van der Waals surface area (Å²) in [6.07, 6.45) is 3.11. The molecule has 1 aromatic carbocycles. The number of non-ortho nitro benzene ring substituents is 1. The van der Waals surface area contributed by atoms with Crippen LogP contribution in [0.3, 0.4) is 0 Å². The normalized spacial score (nSPS) is 10.6. The monoisotopic (exact) mass is 433 g/mol. The third-order valence-electron chi connectivity index (χ3n) is 3.81. The summed E-state index contributed by atoms with van der Waals surface area (Å²) in [7, 11) is 0. The average Bonchev–Trinajstić information content (AvgIpc) is 3.35. The van der Waals surface area contributed by atoms with Crippen molar-refractivity contribution in [2.45, 2.75) is 13.0 Å². The molecule has 0 saturated carbocycles. The molecule has 0 atom stereocenters. The number of carbonyl (C=O) groups excluding carboxylic acids is 2. The molecule has 12 nitrogen and oxygen atoms in total. The minimum Gasteiger partial charge on any atom is -0.354 e. The Labute approximate surface area is 174 Å². The molecule has 2 N–H and O–H groups in total. The van der Waals surface area contributed by atoms with E-state index in [1.807, 2.05) is 0 Å². The van der Waals surface area contributed by atoms with Gasteiger partial charge in [0.05, 0.1) is 22.6 Å². The van der Waals surface area contributed by atoms with Gasteiger partial charge in [-0.05, 0) is 5.56 Å². The first-order chi connectivity index (χ1) is 14.4. The highest BCUT2D eigenvalue weighted by Gasteiger charge is 2.15. The number of carbonyl (C=O) groups is 2. The highest BCUT2D eigenvalue weighted by Crippen LogP contribution is 2.12. The van der Waals surface area contributed by atoms with Crippen LogP contribution in [0.15, 0.2) is 41.2 Å². The van der Waals surface area contributed by atoms with Crippen LogP contribution >= 0.6 is 11.6 Å². The third kappa shape index (κ3) is 5.85. The molecular weight excluding hydrogens is 418 g/mol. The molecule has 156 valence electrons. The largest absolute Gasteiger partial charge is 0.354 e. The molecule has 0 radical (unpaired) electrons. The zero-order chi connectivity index (χ0) is 21.5. The SMILES string of the molecule is O=C(Cc1ccc([N+](=O)[O-])cc1)NCCNC(=O)c1nc(Cn2cc(Cl)cn2)no1. The first-order valence-electron chi connectivity index (χ1n) is 8.69. The lowest BCUT2D eigenvalue weighted by Gasteiger charge is -2.06. The van der Waals surface area contributed by atoms with Crippen molar-refractivity contribution in [1.29, 1.82) is 0 Å². The molecule has 0 spiro atoms. The van der Waals surface area contributed by atoms with Crippen molar-refractivity contribution in [3.05, 3.63) is 69.1 Å². The van der Waals surface area contributed by atoms with Crippen molar-refractivity contribution in [3.63, 3.8) is 0 Å². The van der Waals surface area contributed by atoms with Gasteiger partial charge in [0.15, 0.2) is 5.82 Å². The molecule has 3 rings (SSSR count). The van der Waals surface area contributed by atoms with Gasteiger partial charge in [-0.2, -0.15) is 10.1 Å². The van der Waals surface area contributed by atoms with Crippen molar-refractivity contribution in [2.75, 3.05) is 13.1 Å². The Morgan fingerprint density at radius 3 is 2.60 bits per heavy atom. The van der Waals surface area contributed by atoms with Crippen LogP contribution < -0.4 is 10.6 Å². The number of hydrogen-bond acceptors (Lipinski definition) is 8. The smallest absolute Gasteiger partial charge is 0.316 e. The van der Waals surface area contributed by atoms with Gasteiger partial charge in [-0.25, -0.2) is 0 Å². The number of nitro benzene ring substituents is 1. The number of benzene rings is 1. The van der Waals surface area contributed by atoms with E-state index < -0.39 is 10.8 Å². The summed E-state index contributed by atoms with van der Waals surface area (Å²) in [4.78, 5) is 38.0. The molecule has 0 aliphatic heterocycles. The summed E-state index contributed by atoms with van der Waals surface area (Å²) in [6.45, 7) is 0.532. The van der Waals surface area contributed by atoms with Gasteiger partial charge in [0.25, 0.3) is 5.69 Å². The van der Waals surface area contributed by atoms with Gasteiger partial charge < -0.3 is 15.2 Å². The Kier molecular flexibility index (Phi) is 6.70. The Balaban J connectivity index is 1.38. The summed E-state index contributed by atoms with van der Waals surface area (Å²) in [5, 5.41) is 23.9. The molecule has 2 heterocycles. The van der Waals surface area contributed by atoms with Crippen LogP contribution in [-0.2, 0) is 17.8 Å². The number of rotatable bonds is 9. The number of nitro groups is 1. The van der Waals surface area contributed by atoms with Gasteiger partial charge in [0, 0.05) is 31.4 Å². The Morgan fingerprint density at radius 2 is 1.93 bits per heavy atom. The molecule has 3 aromatic rings. The Bertz CT molecular complexity index is 1050. The number of aromatic nitrogens is 4. The standard InChI is InChI=1S/C17H16ClN7O5/c18-12-8-21-24(9-12)10-14-22-17(30-23-14)16(27)20-6-5-19-15(26)7-11-1-3-13(4-2-11)25(28)29/h1-4,8-9H,5-7,10H2,(H,19,26)(H,20,27). The lowest BCUT2D eigenvalue weighted by molar-refractivity contribution is -0.384. The minimum atomic E-state index is -0.572. The third-order valence-corrected chi connectivity index (χ3v) is 4.01. The highest BCUT2D eigenvalue weighted by molar-refractivity contribution is 6.30. The second-order valence-electron chi connectivity index (χ2n) is 6.08. The zero-order valence-electron chi connectivity index (χ0n) is 15.4. The Morgan fingerprint density at radius 1 is 1.20 bits per heavy atom. The molecule has 0 unspecified atom stereocenters. The van der Waals surface area contributed by atoms with Crippen LogP contribution in [0.1, 0.15) is 22.1 Å². The maximum atomic E-state index is 12.0. The van der Waals surface area contributed by atoms with E-state index in [0.717, 1.165) is 0 Å². The Hall–Kier alpha value is -3.80. The summed E-state index contributed by atoms with van der Waals surface area (Å²) in [5.74, 6) is -0.801. The van der Waals surface area contributed by atoms with Crippen LogP contribution in [0.25, 0.3) is 0 Å². The number of halogens is 1. The van der Waals surface area contributed by atoms with Gasteiger partial charge >= 0.3 is 11.8 Å². The number of nitrogens with one attached hydrogen (secondary N) is 2. The molecule has 0 aliphatic carbocycles. The van der Waals surface area contributed by atoms with E-state index >= 15 is 0 Å². The van der Waals surface area contributed by atoms with Gasteiger partial charge in [-0.3, -0.25) is 24.4 Å². The fourth-order valence-corrected chi connectivity index (χ4v) is 2.57. The van der Waals surface area contributed by atoms with Crippen molar-refractivity contribution in [3.8, 4) is 0 Å². The van der Waals surface area contributed by atoms with E-state index in [2.05, 4.69) is 25.9 Å². The van der Waals surface area contributed by atoms with Crippen molar-refractivity contribution in [1.82, 2.24) is 30.6 Å². The minimum absolute atomic E-state index is 0.0422. The fraction of sp³-hybridized carbons (Fsp3) is 0.235. The number of hydrogen-bond donors (Lipinski definition) is 2. The van der Waals surface area contributed by atoms with Crippen molar-refractivity contribution >= 4 is 29.1 Å². The summed E-state index contributed by atoms with van der Waals surface area (Å²) in [6, 6.07) is 5.71. The van der Waals surface area contributed by atoms with E-state index in [9.17, 15) is 19.7 Å². The molecular formula is C17H16ClN7O5. The first-order valence-corrected chi connectivity index (χ1v) is 9.07. The molecule has 0 fully saturated rings. The molecule has 2 amide bonds. The predicted octanol–water partition coefficient (Wildman–Crippen LogP) is 0.965. The summed E-state index contributed by atoms with van der Waals surface area (Å²) < 4.78 is 6.40. The van der Waals surface area contributed by atoms with Gasteiger partial charge in [-0.15, -0.1) is 0 Å². The van der Waals surface area contributed by atoms with Crippen LogP contribution in [0.5, 0.6) is 0 Å². The van der Waals surface area contributed by atoms with Crippen LogP contribution in [0.4, 0.5) is 5.69 Å². The molecule has 30 heavy (non-hydrogen) atoms. The zero-order valence-corrected chi connectivity index (χ0v) is 16.2. The predicted molar refractivity (Wildman–Crippen MR) is 103 cm³/mol. The van der Waals surface area contributed by atoms with Crippen LogP contribution in [-0.4, -0.2) is 49.7 Å². The van der Waals surface area contributed by atoms with E-state index in [-0.39, 0.29) is 49.4 Å². The quantitative estimate of drug-likeness (QED) is 0.287. The number of nitrogens with zero attached hydrogens (tertiary/aromatic N) is 5. The first kappa shape index (κ1) is 20.9. The lowest BCUT2D eigenvalue weighted by atomic mass is 10.1. The average molecular weight is 434 g/mol. The van der Waals surface area contributed by atoms with Crippen molar-refractivity contribution < 1.29 is 19.0 Å². The summed E-state index contributed by atoms with van der Waals surface area (Å²) in [5.41, 5.74) is 0.596. The van der Waals surface area contributed by atoms with E-state index in [0.29, 0.717) is 10.6 Å². The molecule has 0 aliphatic rings. The maximum Gasteiger partial charge on any atom is 0.316 e. The number of amides is 2. The van der Waals surface area contributed by atoms with Crippen molar-refractivity contribution in [2.24, 2.45) is 0 Å². The van der Waals surface area contributed by atoms with Gasteiger partial charge in [0.1, 0.15) is 6.54 Å². The van der Waals surface area contributed by atoms with Crippen LogP contribution in [0, 0.1) is 10.1 Å². The van der Waals surface area contributed by atoms with Gasteiger partial charge in [-0.1, -0.05) is 28.9 Å². The molecule has 13 heteroatoms. The lowest BCUT2D eigenvalue weighted by Crippen LogP contribution is -2.35. The van der Waals surface area contributed by atoms with Crippen LogP contribution in [0.2, 0.25) is 5.02 Å². The highest BCUT2D eigenvalue weighted by atomic mass is 35.5. The van der Waals surface area contributed by atoms with E-state index in [1.165, 1.54) is 35.1 Å².